The quantitative estimate of drug-likeness (QED) is 0.838. The number of rotatable bonds is 4. The number of aromatic amines is 1. The first-order valence-electron chi connectivity index (χ1n) is 6.56. The highest BCUT2D eigenvalue weighted by atomic mass is 15.2. The van der Waals surface area contributed by atoms with Crippen molar-refractivity contribution in [1.29, 1.82) is 0 Å². The summed E-state index contributed by atoms with van der Waals surface area (Å²) in [7, 11) is 0. The Morgan fingerprint density at radius 2 is 2.22 bits per heavy atom. The van der Waals surface area contributed by atoms with E-state index in [9.17, 15) is 0 Å². The van der Waals surface area contributed by atoms with Crippen molar-refractivity contribution in [1.82, 2.24) is 15.0 Å². The van der Waals surface area contributed by atoms with Crippen LogP contribution in [0.25, 0.3) is 11.0 Å². The molecule has 1 fully saturated rings. The minimum Gasteiger partial charge on any atom is -0.349 e. The van der Waals surface area contributed by atoms with Crippen LogP contribution in [0.5, 0.6) is 0 Å². The standard InChI is InChI=1S/C14H18N4/c1-2-9-18(11-5-3-4-6-11)14-12-7-8-15-13(12)16-10-17-14/h2,7-8,10-11H,1,3-6,9H2,(H,15,16,17). The Morgan fingerprint density at radius 3 is 3.00 bits per heavy atom. The molecule has 18 heavy (non-hydrogen) atoms. The van der Waals surface area contributed by atoms with Crippen LogP contribution in [-0.4, -0.2) is 27.5 Å². The van der Waals surface area contributed by atoms with E-state index in [-0.39, 0.29) is 0 Å². The van der Waals surface area contributed by atoms with E-state index in [1.54, 1.807) is 6.33 Å². The molecule has 0 saturated heterocycles. The van der Waals surface area contributed by atoms with Crippen molar-refractivity contribution in [3.05, 3.63) is 31.2 Å². The minimum absolute atomic E-state index is 0.594. The summed E-state index contributed by atoms with van der Waals surface area (Å²) >= 11 is 0. The van der Waals surface area contributed by atoms with E-state index >= 15 is 0 Å². The van der Waals surface area contributed by atoms with Gasteiger partial charge in [0.15, 0.2) is 0 Å². The Morgan fingerprint density at radius 1 is 1.39 bits per heavy atom. The Labute approximate surface area is 107 Å². The minimum atomic E-state index is 0.594. The Balaban J connectivity index is 2.02. The van der Waals surface area contributed by atoms with Crippen molar-refractivity contribution in [2.45, 2.75) is 31.7 Å². The van der Waals surface area contributed by atoms with E-state index in [1.165, 1.54) is 25.7 Å². The average molecular weight is 242 g/mol. The third-order valence-corrected chi connectivity index (χ3v) is 3.70. The molecule has 4 heteroatoms. The summed E-state index contributed by atoms with van der Waals surface area (Å²) in [5.41, 5.74) is 0.909. The Kier molecular flexibility index (Phi) is 3.00. The Bertz CT molecular complexity index is 539. The molecule has 94 valence electrons. The van der Waals surface area contributed by atoms with Crippen LogP contribution in [0.1, 0.15) is 25.7 Å². The number of nitrogens with zero attached hydrogens (tertiary/aromatic N) is 3. The molecule has 4 nitrogen and oxygen atoms in total. The number of H-pyrrole nitrogens is 1. The molecule has 1 saturated carbocycles. The van der Waals surface area contributed by atoms with Crippen molar-refractivity contribution in [2.75, 3.05) is 11.4 Å². The lowest BCUT2D eigenvalue weighted by atomic mass is 10.2. The largest absolute Gasteiger partial charge is 0.349 e. The molecular formula is C14H18N4. The number of hydrogen-bond acceptors (Lipinski definition) is 3. The molecule has 0 spiro atoms. The monoisotopic (exact) mass is 242 g/mol. The van der Waals surface area contributed by atoms with Crippen LogP contribution in [0.3, 0.4) is 0 Å². The predicted molar refractivity (Wildman–Crippen MR) is 73.7 cm³/mol. The molecule has 3 rings (SSSR count). The first kappa shape index (κ1) is 11.3. The summed E-state index contributed by atoms with van der Waals surface area (Å²) in [4.78, 5) is 14.3. The second-order valence-electron chi connectivity index (χ2n) is 4.82. The fourth-order valence-electron chi connectivity index (χ4n) is 2.85. The molecule has 1 aliphatic rings. The number of anilines is 1. The SMILES string of the molecule is C=CCN(c1ncnc2[nH]ccc12)C1CCCC1. The molecule has 1 N–H and O–H groups in total. The topological polar surface area (TPSA) is 44.8 Å². The molecule has 0 aliphatic heterocycles. The van der Waals surface area contributed by atoms with Crippen molar-refractivity contribution >= 4 is 16.9 Å². The number of aromatic nitrogens is 3. The highest BCUT2D eigenvalue weighted by molar-refractivity contribution is 5.87. The van der Waals surface area contributed by atoms with Gasteiger partial charge in [-0.25, -0.2) is 9.97 Å². The highest BCUT2D eigenvalue weighted by Crippen LogP contribution is 2.30. The van der Waals surface area contributed by atoms with Crippen LogP contribution in [0.15, 0.2) is 31.2 Å². The molecule has 0 unspecified atom stereocenters. The number of fused-ring (bicyclic) bond motifs is 1. The van der Waals surface area contributed by atoms with Crippen LogP contribution in [0.2, 0.25) is 0 Å². The van der Waals surface area contributed by atoms with E-state index in [4.69, 9.17) is 0 Å². The maximum Gasteiger partial charge on any atom is 0.142 e. The molecular weight excluding hydrogens is 224 g/mol. The van der Waals surface area contributed by atoms with Gasteiger partial charge in [0.05, 0.1) is 5.39 Å². The zero-order valence-corrected chi connectivity index (χ0v) is 10.5. The second-order valence-corrected chi connectivity index (χ2v) is 4.82. The molecule has 2 aromatic rings. The lowest BCUT2D eigenvalue weighted by Crippen LogP contribution is -2.34. The summed E-state index contributed by atoms with van der Waals surface area (Å²) in [5.74, 6) is 1.04. The zero-order chi connectivity index (χ0) is 12.4. The molecule has 0 atom stereocenters. The van der Waals surface area contributed by atoms with Gasteiger partial charge in [-0.1, -0.05) is 18.9 Å². The normalized spacial score (nSPS) is 16.2. The van der Waals surface area contributed by atoms with Gasteiger partial charge in [-0.2, -0.15) is 0 Å². The molecule has 0 radical (unpaired) electrons. The zero-order valence-electron chi connectivity index (χ0n) is 10.5. The summed E-state index contributed by atoms with van der Waals surface area (Å²) in [6.45, 7) is 4.72. The van der Waals surface area contributed by atoms with E-state index in [0.717, 1.165) is 23.4 Å². The fraction of sp³-hybridized carbons (Fsp3) is 0.429. The second kappa shape index (κ2) is 4.80. The first-order valence-corrected chi connectivity index (χ1v) is 6.56. The van der Waals surface area contributed by atoms with Crippen molar-refractivity contribution in [3.8, 4) is 0 Å². The first-order chi connectivity index (χ1) is 8.90. The van der Waals surface area contributed by atoms with Gasteiger partial charge in [-0.05, 0) is 18.9 Å². The van der Waals surface area contributed by atoms with Crippen molar-refractivity contribution in [2.24, 2.45) is 0 Å². The van der Waals surface area contributed by atoms with Gasteiger partial charge in [-0.15, -0.1) is 6.58 Å². The van der Waals surface area contributed by atoms with Gasteiger partial charge in [0.2, 0.25) is 0 Å². The summed E-state index contributed by atoms with van der Waals surface area (Å²) < 4.78 is 0. The van der Waals surface area contributed by atoms with Gasteiger partial charge in [0.25, 0.3) is 0 Å². The number of hydrogen-bond donors (Lipinski definition) is 1. The van der Waals surface area contributed by atoms with Crippen LogP contribution in [0.4, 0.5) is 5.82 Å². The van der Waals surface area contributed by atoms with E-state index in [0.29, 0.717) is 6.04 Å². The van der Waals surface area contributed by atoms with Gasteiger partial charge in [-0.3, -0.25) is 0 Å². The molecule has 1 aliphatic carbocycles. The molecule has 2 heterocycles. The van der Waals surface area contributed by atoms with Gasteiger partial charge >= 0.3 is 0 Å². The third kappa shape index (κ3) is 1.88. The summed E-state index contributed by atoms with van der Waals surface area (Å²) in [5, 5.41) is 1.10. The maximum atomic E-state index is 4.49. The van der Waals surface area contributed by atoms with Crippen LogP contribution < -0.4 is 4.90 Å². The van der Waals surface area contributed by atoms with E-state index < -0.39 is 0 Å². The fourth-order valence-corrected chi connectivity index (χ4v) is 2.85. The predicted octanol–water partition coefficient (Wildman–Crippen LogP) is 2.89. The Hall–Kier alpha value is -1.84. The smallest absolute Gasteiger partial charge is 0.142 e. The van der Waals surface area contributed by atoms with Gasteiger partial charge < -0.3 is 9.88 Å². The molecule has 2 aromatic heterocycles. The van der Waals surface area contributed by atoms with Crippen molar-refractivity contribution < 1.29 is 0 Å². The molecule has 0 bridgehead atoms. The summed E-state index contributed by atoms with van der Waals surface area (Å²) in [6, 6.07) is 2.64. The lowest BCUT2D eigenvalue weighted by molar-refractivity contribution is 0.627. The van der Waals surface area contributed by atoms with E-state index in [2.05, 4.69) is 32.5 Å². The van der Waals surface area contributed by atoms with Crippen LogP contribution in [0, 0.1) is 0 Å². The highest BCUT2D eigenvalue weighted by Gasteiger charge is 2.24. The molecule has 0 amide bonds. The summed E-state index contributed by atoms with van der Waals surface area (Å²) in [6.07, 6.45) is 10.7. The lowest BCUT2D eigenvalue weighted by Gasteiger charge is -2.29. The third-order valence-electron chi connectivity index (χ3n) is 3.70. The number of nitrogens with one attached hydrogen (secondary N) is 1. The van der Waals surface area contributed by atoms with Crippen LogP contribution >= 0.6 is 0 Å². The van der Waals surface area contributed by atoms with Gasteiger partial charge in [0.1, 0.15) is 17.8 Å². The van der Waals surface area contributed by atoms with E-state index in [1.807, 2.05) is 12.3 Å². The maximum absolute atomic E-state index is 4.49. The average Bonchev–Trinajstić information content (AvgIpc) is 3.06. The molecule has 0 aromatic carbocycles. The van der Waals surface area contributed by atoms with Crippen molar-refractivity contribution in [3.63, 3.8) is 0 Å². The van der Waals surface area contributed by atoms with Crippen LogP contribution in [-0.2, 0) is 0 Å². The van der Waals surface area contributed by atoms with Gasteiger partial charge in [0, 0.05) is 18.8 Å².